The Kier molecular flexibility index (Phi) is 5.38. The largest absolute Gasteiger partial charge is 0.416 e. The molecule has 0 aromatic heterocycles. The van der Waals surface area contributed by atoms with Crippen LogP contribution in [0, 0.1) is 11.6 Å². The van der Waals surface area contributed by atoms with Gasteiger partial charge in [0.05, 0.1) is 5.56 Å². The molecule has 1 N–H and O–H groups in total. The van der Waals surface area contributed by atoms with E-state index in [1.165, 1.54) is 24.3 Å². The van der Waals surface area contributed by atoms with E-state index in [0.29, 0.717) is 5.56 Å². The van der Waals surface area contributed by atoms with Gasteiger partial charge in [0, 0.05) is 16.3 Å². The van der Waals surface area contributed by atoms with Crippen LogP contribution < -0.4 is 5.32 Å². The molecule has 0 radical (unpaired) electrons. The molecule has 3 aromatic carbocycles. The standard InChI is InChI=1S/C20H11ClF5NO/c21-15-9-6-12(20(24,25)26)10-14(15)11-4-7-13(8-5-11)27-19(28)18-16(22)2-1-3-17(18)23/h1-10H,(H,27,28). The predicted octanol–water partition coefficient (Wildman–Crippen LogP) is 6.56. The molecule has 0 bridgehead atoms. The lowest BCUT2D eigenvalue weighted by atomic mass is 10.0. The third kappa shape index (κ3) is 4.14. The molecule has 144 valence electrons. The van der Waals surface area contributed by atoms with Gasteiger partial charge in [-0.15, -0.1) is 0 Å². The Morgan fingerprint density at radius 3 is 2.07 bits per heavy atom. The molecule has 1 amide bonds. The van der Waals surface area contributed by atoms with Gasteiger partial charge in [0.25, 0.3) is 5.91 Å². The summed E-state index contributed by atoms with van der Waals surface area (Å²) in [4.78, 5) is 12.1. The lowest BCUT2D eigenvalue weighted by Crippen LogP contribution is -2.15. The van der Waals surface area contributed by atoms with Crippen molar-refractivity contribution in [3.05, 3.63) is 88.4 Å². The Labute approximate surface area is 161 Å². The zero-order chi connectivity index (χ0) is 20.5. The number of carbonyl (C=O) groups is 1. The first-order valence-corrected chi connectivity index (χ1v) is 8.27. The Hall–Kier alpha value is -2.93. The van der Waals surface area contributed by atoms with E-state index < -0.39 is 34.8 Å². The van der Waals surface area contributed by atoms with Gasteiger partial charge in [-0.25, -0.2) is 8.78 Å². The molecule has 28 heavy (non-hydrogen) atoms. The van der Waals surface area contributed by atoms with Gasteiger partial charge in [-0.3, -0.25) is 4.79 Å². The third-order valence-electron chi connectivity index (χ3n) is 3.94. The van der Waals surface area contributed by atoms with Crippen molar-refractivity contribution >= 4 is 23.2 Å². The SMILES string of the molecule is O=C(Nc1ccc(-c2cc(C(F)(F)F)ccc2Cl)cc1)c1c(F)cccc1F. The molecule has 0 spiro atoms. The molecule has 0 heterocycles. The first kappa shape index (κ1) is 19.8. The van der Waals surface area contributed by atoms with Crippen LogP contribution in [0.4, 0.5) is 27.6 Å². The Balaban J connectivity index is 1.86. The highest BCUT2D eigenvalue weighted by Crippen LogP contribution is 2.36. The topological polar surface area (TPSA) is 29.1 Å². The molecule has 0 aliphatic rings. The van der Waals surface area contributed by atoms with Crippen LogP contribution in [-0.4, -0.2) is 5.91 Å². The number of anilines is 1. The van der Waals surface area contributed by atoms with Crippen molar-refractivity contribution < 1.29 is 26.7 Å². The van der Waals surface area contributed by atoms with E-state index >= 15 is 0 Å². The number of nitrogens with one attached hydrogen (secondary N) is 1. The van der Waals surface area contributed by atoms with Crippen LogP contribution >= 0.6 is 11.6 Å². The molecule has 3 aromatic rings. The summed E-state index contributed by atoms with van der Waals surface area (Å²) in [7, 11) is 0. The van der Waals surface area contributed by atoms with Gasteiger partial charge in [-0.1, -0.05) is 29.8 Å². The maximum atomic E-state index is 13.7. The van der Waals surface area contributed by atoms with Crippen LogP contribution in [-0.2, 0) is 6.18 Å². The molecular formula is C20H11ClF5NO. The number of hydrogen-bond acceptors (Lipinski definition) is 1. The minimum atomic E-state index is -4.52. The highest BCUT2D eigenvalue weighted by Gasteiger charge is 2.31. The van der Waals surface area contributed by atoms with Crippen molar-refractivity contribution in [3.8, 4) is 11.1 Å². The molecule has 0 aliphatic carbocycles. The summed E-state index contributed by atoms with van der Waals surface area (Å²) in [5.41, 5.74) is -0.827. The first-order valence-electron chi connectivity index (χ1n) is 7.89. The summed E-state index contributed by atoms with van der Waals surface area (Å²) in [5.74, 6) is -3.00. The molecule has 0 saturated heterocycles. The van der Waals surface area contributed by atoms with Crippen molar-refractivity contribution in [3.63, 3.8) is 0 Å². The zero-order valence-corrected chi connectivity index (χ0v) is 14.7. The number of rotatable bonds is 3. The minimum Gasteiger partial charge on any atom is -0.322 e. The second kappa shape index (κ2) is 7.59. The molecule has 0 unspecified atom stereocenters. The molecule has 3 rings (SSSR count). The van der Waals surface area contributed by atoms with Gasteiger partial charge in [0.1, 0.15) is 17.2 Å². The summed E-state index contributed by atoms with van der Waals surface area (Å²) in [5, 5.41) is 2.46. The van der Waals surface area contributed by atoms with Crippen LogP contribution in [0.1, 0.15) is 15.9 Å². The van der Waals surface area contributed by atoms with E-state index in [1.54, 1.807) is 0 Å². The fourth-order valence-electron chi connectivity index (χ4n) is 2.56. The monoisotopic (exact) mass is 411 g/mol. The normalized spacial score (nSPS) is 11.4. The van der Waals surface area contributed by atoms with E-state index in [9.17, 15) is 26.7 Å². The zero-order valence-electron chi connectivity index (χ0n) is 13.9. The van der Waals surface area contributed by atoms with Gasteiger partial charge in [-0.2, -0.15) is 13.2 Å². The lowest BCUT2D eigenvalue weighted by molar-refractivity contribution is -0.137. The highest BCUT2D eigenvalue weighted by molar-refractivity contribution is 6.33. The predicted molar refractivity (Wildman–Crippen MR) is 96.2 cm³/mol. The second-order valence-corrected chi connectivity index (χ2v) is 6.23. The van der Waals surface area contributed by atoms with Crippen molar-refractivity contribution in [1.29, 1.82) is 0 Å². The number of halogens is 6. The van der Waals surface area contributed by atoms with E-state index in [1.807, 2.05) is 0 Å². The number of alkyl halides is 3. The summed E-state index contributed by atoms with van der Waals surface area (Å²) >= 11 is 6.00. The number of benzene rings is 3. The van der Waals surface area contributed by atoms with Crippen LogP contribution in [0.2, 0.25) is 5.02 Å². The summed E-state index contributed by atoms with van der Waals surface area (Å²) in [6, 6.07) is 11.7. The summed E-state index contributed by atoms with van der Waals surface area (Å²) in [6.45, 7) is 0. The summed E-state index contributed by atoms with van der Waals surface area (Å²) < 4.78 is 66.0. The average Bonchev–Trinajstić information content (AvgIpc) is 2.62. The fourth-order valence-corrected chi connectivity index (χ4v) is 2.79. The minimum absolute atomic E-state index is 0.123. The average molecular weight is 412 g/mol. The fraction of sp³-hybridized carbons (Fsp3) is 0.0500. The lowest BCUT2D eigenvalue weighted by Gasteiger charge is -2.12. The van der Waals surface area contributed by atoms with Crippen LogP contribution in [0.25, 0.3) is 11.1 Å². The number of carbonyl (C=O) groups excluding carboxylic acids is 1. The van der Waals surface area contributed by atoms with Gasteiger partial charge < -0.3 is 5.32 Å². The van der Waals surface area contributed by atoms with Crippen molar-refractivity contribution in [2.45, 2.75) is 6.18 Å². The Bertz CT molecular complexity index is 1010. The number of hydrogen-bond donors (Lipinski definition) is 1. The quantitative estimate of drug-likeness (QED) is 0.486. The van der Waals surface area contributed by atoms with Gasteiger partial charge >= 0.3 is 6.18 Å². The molecular weight excluding hydrogens is 401 g/mol. The van der Waals surface area contributed by atoms with Crippen molar-refractivity contribution in [2.24, 2.45) is 0 Å². The van der Waals surface area contributed by atoms with E-state index in [-0.39, 0.29) is 16.3 Å². The molecule has 0 aliphatic heterocycles. The van der Waals surface area contributed by atoms with Crippen LogP contribution in [0.3, 0.4) is 0 Å². The van der Waals surface area contributed by atoms with Crippen LogP contribution in [0.5, 0.6) is 0 Å². The highest BCUT2D eigenvalue weighted by atomic mass is 35.5. The molecule has 2 nitrogen and oxygen atoms in total. The summed E-state index contributed by atoms with van der Waals surface area (Å²) in [6.07, 6.45) is -4.52. The van der Waals surface area contributed by atoms with Crippen LogP contribution in [0.15, 0.2) is 60.7 Å². The first-order chi connectivity index (χ1) is 13.2. The number of amides is 1. The molecule has 8 heteroatoms. The smallest absolute Gasteiger partial charge is 0.322 e. The van der Waals surface area contributed by atoms with Gasteiger partial charge in [0.15, 0.2) is 0 Å². The maximum Gasteiger partial charge on any atom is 0.416 e. The van der Waals surface area contributed by atoms with Crippen molar-refractivity contribution in [2.75, 3.05) is 5.32 Å². The van der Waals surface area contributed by atoms with Gasteiger partial charge in [-0.05, 0) is 48.0 Å². The Morgan fingerprint density at radius 1 is 0.893 bits per heavy atom. The van der Waals surface area contributed by atoms with Crippen molar-refractivity contribution in [1.82, 2.24) is 0 Å². The molecule has 0 fully saturated rings. The van der Waals surface area contributed by atoms with Gasteiger partial charge in [0.2, 0.25) is 0 Å². The molecule has 0 saturated carbocycles. The second-order valence-electron chi connectivity index (χ2n) is 5.82. The van der Waals surface area contributed by atoms with E-state index in [0.717, 1.165) is 36.4 Å². The molecule has 0 atom stereocenters. The van der Waals surface area contributed by atoms with E-state index in [2.05, 4.69) is 5.32 Å². The third-order valence-corrected chi connectivity index (χ3v) is 4.27. The van der Waals surface area contributed by atoms with E-state index in [4.69, 9.17) is 11.6 Å². The Morgan fingerprint density at radius 2 is 1.50 bits per heavy atom. The maximum absolute atomic E-state index is 13.7.